The Morgan fingerprint density at radius 3 is 2.86 bits per heavy atom. The van der Waals surface area contributed by atoms with Crippen molar-refractivity contribution in [2.75, 3.05) is 12.9 Å². The highest BCUT2D eigenvalue weighted by atomic mass is 32.2. The van der Waals surface area contributed by atoms with Gasteiger partial charge in [-0.25, -0.2) is 13.4 Å². The summed E-state index contributed by atoms with van der Waals surface area (Å²) in [6.45, 7) is 0.0436. The number of fused-ring (bicyclic) bond motifs is 1. The van der Waals surface area contributed by atoms with Gasteiger partial charge in [-0.15, -0.1) is 5.10 Å². The first-order valence-corrected chi connectivity index (χ1v) is 8.37. The van der Waals surface area contributed by atoms with Crippen molar-refractivity contribution in [3.05, 3.63) is 36.0 Å². The molecule has 0 aliphatic rings. The average molecular weight is 319 g/mol. The minimum atomic E-state index is -3.51. The Labute approximate surface area is 126 Å². The van der Waals surface area contributed by atoms with Gasteiger partial charge in [0.2, 0.25) is 15.0 Å². The van der Waals surface area contributed by atoms with Crippen molar-refractivity contribution in [2.24, 2.45) is 0 Å². The van der Waals surface area contributed by atoms with E-state index >= 15 is 0 Å². The normalized spacial score (nSPS) is 11.9. The number of hydrogen-bond donors (Lipinski definition) is 1. The van der Waals surface area contributed by atoms with Crippen LogP contribution in [-0.4, -0.2) is 51.3 Å². The van der Waals surface area contributed by atoms with Crippen LogP contribution in [0.1, 0.15) is 5.56 Å². The molecule has 0 bridgehead atoms. The number of aliphatic hydroxyl groups is 1. The van der Waals surface area contributed by atoms with E-state index in [-0.39, 0.29) is 11.8 Å². The predicted molar refractivity (Wildman–Crippen MR) is 78.4 cm³/mol. The van der Waals surface area contributed by atoms with E-state index in [0.29, 0.717) is 23.3 Å². The second-order valence-corrected chi connectivity index (χ2v) is 6.69. The van der Waals surface area contributed by atoms with Crippen molar-refractivity contribution < 1.29 is 13.5 Å². The van der Waals surface area contributed by atoms with Crippen LogP contribution in [0.3, 0.4) is 0 Å². The molecule has 2 aromatic heterocycles. The van der Waals surface area contributed by atoms with E-state index in [4.69, 9.17) is 5.11 Å². The molecule has 0 radical (unpaired) electrons. The third kappa shape index (κ3) is 2.68. The van der Waals surface area contributed by atoms with Crippen molar-refractivity contribution in [3.63, 3.8) is 0 Å². The number of rotatable bonds is 4. The third-order valence-corrected chi connectivity index (χ3v) is 3.92. The Morgan fingerprint density at radius 2 is 2.14 bits per heavy atom. The lowest BCUT2D eigenvalue weighted by Crippen LogP contribution is -2.06. The van der Waals surface area contributed by atoms with E-state index in [2.05, 4.69) is 20.3 Å². The van der Waals surface area contributed by atoms with Gasteiger partial charge < -0.3 is 5.11 Å². The standard InChI is InChI=1S/C13H13N5O3S/c1-22(20,21)13-14-8-11-12(15-13)18(17-16-11)10-4-2-3-9(7-10)5-6-19/h2-4,7-8,19H,5-6H2,1H3. The Bertz CT molecular complexity index is 936. The van der Waals surface area contributed by atoms with E-state index in [1.165, 1.54) is 10.9 Å². The van der Waals surface area contributed by atoms with Crippen LogP contribution in [0.25, 0.3) is 16.9 Å². The van der Waals surface area contributed by atoms with E-state index in [1.54, 1.807) is 6.07 Å². The lowest BCUT2D eigenvalue weighted by Gasteiger charge is -2.04. The highest BCUT2D eigenvalue weighted by Gasteiger charge is 2.16. The fraction of sp³-hybridized carbons (Fsp3) is 0.231. The predicted octanol–water partition coefficient (Wildman–Crippen LogP) is 0.149. The number of sulfone groups is 1. The molecule has 1 aromatic carbocycles. The molecule has 114 valence electrons. The number of benzene rings is 1. The molecule has 22 heavy (non-hydrogen) atoms. The van der Waals surface area contributed by atoms with Crippen LogP contribution >= 0.6 is 0 Å². The van der Waals surface area contributed by atoms with Gasteiger partial charge in [0.05, 0.1) is 11.9 Å². The molecule has 1 N–H and O–H groups in total. The second-order valence-electron chi connectivity index (χ2n) is 4.78. The molecule has 0 saturated heterocycles. The first kappa shape index (κ1) is 14.5. The zero-order valence-electron chi connectivity index (χ0n) is 11.7. The summed E-state index contributed by atoms with van der Waals surface area (Å²) in [5.41, 5.74) is 2.34. The molecule has 0 atom stereocenters. The number of hydrogen-bond acceptors (Lipinski definition) is 7. The maximum atomic E-state index is 11.6. The molecule has 0 spiro atoms. The molecule has 0 saturated carbocycles. The summed E-state index contributed by atoms with van der Waals surface area (Å²) in [6, 6.07) is 7.35. The molecule has 9 heteroatoms. The van der Waals surface area contributed by atoms with Gasteiger partial charge in [0.1, 0.15) is 0 Å². The minimum absolute atomic E-state index is 0.0436. The van der Waals surface area contributed by atoms with Crippen molar-refractivity contribution in [1.29, 1.82) is 0 Å². The lowest BCUT2D eigenvalue weighted by atomic mass is 10.1. The second kappa shape index (κ2) is 5.43. The first-order valence-electron chi connectivity index (χ1n) is 6.48. The summed E-state index contributed by atoms with van der Waals surface area (Å²) in [6.07, 6.45) is 2.90. The Balaban J connectivity index is 2.17. The maximum absolute atomic E-state index is 11.6. The molecule has 0 unspecified atom stereocenters. The molecule has 0 aliphatic carbocycles. The van der Waals surface area contributed by atoms with Crippen LogP contribution in [0.15, 0.2) is 35.6 Å². The van der Waals surface area contributed by atoms with Crippen LogP contribution in [0.4, 0.5) is 0 Å². The van der Waals surface area contributed by atoms with Gasteiger partial charge in [-0.05, 0) is 24.1 Å². The van der Waals surface area contributed by atoms with Gasteiger partial charge in [-0.1, -0.05) is 17.3 Å². The van der Waals surface area contributed by atoms with E-state index in [0.717, 1.165) is 11.8 Å². The van der Waals surface area contributed by atoms with E-state index in [1.807, 2.05) is 18.2 Å². The van der Waals surface area contributed by atoms with Crippen molar-refractivity contribution in [1.82, 2.24) is 25.0 Å². The van der Waals surface area contributed by atoms with Gasteiger partial charge in [0, 0.05) is 12.9 Å². The summed E-state index contributed by atoms with van der Waals surface area (Å²) in [5, 5.41) is 16.7. The lowest BCUT2D eigenvalue weighted by molar-refractivity contribution is 0.299. The summed E-state index contributed by atoms with van der Waals surface area (Å²) in [5.74, 6) is 0. The minimum Gasteiger partial charge on any atom is -0.396 e. The number of aromatic nitrogens is 5. The fourth-order valence-corrected chi connectivity index (χ4v) is 2.53. The molecule has 0 fully saturated rings. The van der Waals surface area contributed by atoms with Crippen LogP contribution in [0.2, 0.25) is 0 Å². The molecular formula is C13H13N5O3S. The summed E-state index contributed by atoms with van der Waals surface area (Å²) in [4.78, 5) is 7.83. The fourth-order valence-electron chi connectivity index (χ4n) is 2.04. The smallest absolute Gasteiger partial charge is 0.248 e. The SMILES string of the molecule is CS(=O)(=O)c1ncc2nnn(-c3cccc(CCO)c3)c2n1. The zero-order chi connectivity index (χ0) is 15.7. The Morgan fingerprint density at radius 1 is 1.32 bits per heavy atom. The quantitative estimate of drug-likeness (QED) is 0.681. The van der Waals surface area contributed by atoms with E-state index < -0.39 is 9.84 Å². The summed E-state index contributed by atoms with van der Waals surface area (Å²) in [7, 11) is -3.51. The van der Waals surface area contributed by atoms with Crippen molar-refractivity contribution in [3.8, 4) is 5.69 Å². The molecule has 8 nitrogen and oxygen atoms in total. The zero-order valence-corrected chi connectivity index (χ0v) is 12.5. The van der Waals surface area contributed by atoms with Crippen LogP contribution in [0, 0.1) is 0 Å². The monoisotopic (exact) mass is 319 g/mol. The molecule has 2 heterocycles. The third-order valence-electron chi connectivity index (χ3n) is 3.06. The average Bonchev–Trinajstić information content (AvgIpc) is 2.90. The van der Waals surface area contributed by atoms with Gasteiger partial charge >= 0.3 is 0 Å². The molecule has 0 aliphatic heterocycles. The summed E-state index contributed by atoms with van der Waals surface area (Å²) < 4.78 is 24.6. The van der Waals surface area contributed by atoms with E-state index in [9.17, 15) is 8.42 Å². The summed E-state index contributed by atoms with van der Waals surface area (Å²) >= 11 is 0. The van der Waals surface area contributed by atoms with Crippen molar-refractivity contribution in [2.45, 2.75) is 11.6 Å². The Hall–Kier alpha value is -2.39. The van der Waals surface area contributed by atoms with Crippen LogP contribution in [-0.2, 0) is 16.3 Å². The largest absolute Gasteiger partial charge is 0.396 e. The van der Waals surface area contributed by atoms with Crippen LogP contribution in [0.5, 0.6) is 0 Å². The highest BCUT2D eigenvalue weighted by molar-refractivity contribution is 7.90. The molecule has 3 rings (SSSR count). The molecule has 3 aromatic rings. The van der Waals surface area contributed by atoms with Gasteiger partial charge in [-0.2, -0.15) is 9.67 Å². The van der Waals surface area contributed by atoms with Gasteiger partial charge in [-0.3, -0.25) is 0 Å². The van der Waals surface area contributed by atoms with Gasteiger partial charge in [0.15, 0.2) is 11.2 Å². The highest BCUT2D eigenvalue weighted by Crippen LogP contribution is 2.16. The van der Waals surface area contributed by atoms with Crippen LogP contribution < -0.4 is 0 Å². The topological polar surface area (TPSA) is 111 Å². The Kier molecular flexibility index (Phi) is 3.59. The maximum Gasteiger partial charge on any atom is 0.248 e. The van der Waals surface area contributed by atoms with Crippen molar-refractivity contribution >= 4 is 21.0 Å². The molecular weight excluding hydrogens is 306 g/mol. The molecule has 0 amide bonds. The number of aliphatic hydroxyl groups excluding tert-OH is 1. The van der Waals surface area contributed by atoms with Gasteiger partial charge in [0.25, 0.3) is 0 Å². The first-order chi connectivity index (χ1) is 10.5. The number of nitrogens with zero attached hydrogens (tertiary/aromatic N) is 5.